The topological polar surface area (TPSA) is 52.1 Å². The van der Waals surface area contributed by atoms with Gasteiger partial charge in [0.25, 0.3) is 0 Å². The first-order valence-corrected chi connectivity index (χ1v) is 2.77. The van der Waals surface area contributed by atoms with Crippen LogP contribution in [0.15, 0.2) is 33.8 Å². The molecule has 10 heavy (non-hydrogen) atoms. The first-order chi connectivity index (χ1) is 4.97. The van der Waals surface area contributed by atoms with Crippen molar-refractivity contribution in [1.82, 2.24) is 10.3 Å². The summed E-state index contributed by atoms with van der Waals surface area (Å²) in [5.74, 6) is 0. The first kappa shape index (κ1) is 5.22. The summed E-state index contributed by atoms with van der Waals surface area (Å²) in [7, 11) is 0. The summed E-state index contributed by atoms with van der Waals surface area (Å²) >= 11 is 0. The lowest BCUT2D eigenvalue weighted by Crippen LogP contribution is -1.68. The van der Waals surface area contributed by atoms with E-state index in [1.807, 2.05) is 0 Å². The van der Waals surface area contributed by atoms with Crippen molar-refractivity contribution < 1.29 is 9.05 Å². The monoisotopic (exact) mass is 136 g/mol. The highest BCUT2D eigenvalue weighted by atomic mass is 16.5. The van der Waals surface area contributed by atoms with Crippen LogP contribution in [0.5, 0.6) is 0 Å². The van der Waals surface area contributed by atoms with Crippen LogP contribution in [0.4, 0.5) is 0 Å². The summed E-state index contributed by atoms with van der Waals surface area (Å²) in [6, 6.07) is 1.74. The molecule has 0 N–H and O–H groups in total. The largest absolute Gasteiger partial charge is 0.364 e. The van der Waals surface area contributed by atoms with Gasteiger partial charge < -0.3 is 9.05 Å². The van der Waals surface area contributed by atoms with Gasteiger partial charge in [0.1, 0.15) is 18.2 Å². The molecule has 0 unspecified atom stereocenters. The summed E-state index contributed by atoms with van der Waals surface area (Å²) in [4.78, 5) is 0. The van der Waals surface area contributed by atoms with E-state index in [1.54, 1.807) is 12.3 Å². The molecular formula is C6H4N2O2. The average molecular weight is 136 g/mol. The van der Waals surface area contributed by atoms with Crippen molar-refractivity contribution in [2.75, 3.05) is 0 Å². The maximum atomic E-state index is 4.62. The molecule has 2 aromatic rings. The van der Waals surface area contributed by atoms with Gasteiger partial charge in [-0.05, 0) is 0 Å². The highest BCUT2D eigenvalue weighted by Crippen LogP contribution is 2.14. The van der Waals surface area contributed by atoms with Crippen LogP contribution < -0.4 is 0 Å². The summed E-state index contributed by atoms with van der Waals surface area (Å²) in [6.07, 6.45) is 4.60. The van der Waals surface area contributed by atoms with Crippen molar-refractivity contribution in [3.63, 3.8) is 0 Å². The van der Waals surface area contributed by atoms with Crippen LogP contribution in [0.3, 0.4) is 0 Å². The molecule has 4 nitrogen and oxygen atoms in total. The standard InChI is InChI=1S/C6H4N2O2/c1-2-9-8-6(1)5-3-7-10-4-5/h1-4H. The fraction of sp³-hybridized carbons (Fsp3) is 0. The van der Waals surface area contributed by atoms with Gasteiger partial charge in [-0.25, -0.2) is 0 Å². The van der Waals surface area contributed by atoms with Gasteiger partial charge in [0, 0.05) is 6.07 Å². The number of hydrogen-bond donors (Lipinski definition) is 0. The Hall–Kier alpha value is -1.58. The Bertz CT molecular complexity index is 253. The lowest BCUT2D eigenvalue weighted by atomic mass is 10.3. The fourth-order valence-electron chi connectivity index (χ4n) is 0.693. The van der Waals surface area contributed by atoms with Gasteiger partial charge in [0.05, 0.1) is 11.8 Å². The van der Waals surface area contributed by atoms with Crippen LogP contribution in [-0.4, -0.2) is 10.3 Å². The van der Waals surface area contributed by atoms with E-state index in [9.17, 15) is 0 Å². The van der Waals surface area contributed by atoms with E-state index in [4.69, 9.17) is 0 Å². The SMILES string of the molecule is c1cc(-c2cnoc2)no1. The Morgan fingerprint density at radius 2 is 2.30 bits per heavy atom. The van der Waals surface area contributed by atoms with Crippen molar-refractivity contribution >= 4 is 0 Å². The maximum Gasteiger partial charge on any atom is 0.133 e. The van der Waals surface area contributed by atoms with Crippen LogP contribution in [0, 0.1) is 0 Å². The molecule has 0 fully saturated rings. The molecule has 4 heteroatoms. The van der Waals surface area contributed by atoms with Gasteiger partial charge in [-0.1, -0.05) is 10.3 Å². The molecule has 0 saturated heterocycles. The molecule has 2 rings (SSSR count). The van der Waals surface area contributed by atoms with Crippen LogP contribution in [-0.2, 0) is 0 Å². The molecule has 0 aliphatic rings. The lowest BCUT2D eigenvalue weighted by molar-refractivity contribution is 0.417. The van der Waals surface area contributed by atoms with E-state index in [0.717, 1.165) is 11.3 Å². The van der Waals surface area contributed by atoms with Crippen LogP contribution in [0.2, 0.25) is 0 Å². The quantitative estimate of drug-likeness (QED) is 0.593. The molecule has 0 aliphatic heterocycles. The van der Waals surface area contributed by atoms with Crippen LogP contribution in [0.1, 0.15) is 0 Å². The van der Waals surface area contributed by atoms with Gasteiger partial charge in [0.2, 0.25) is 0 Å². The molecule has 2 heterocycles. The molecule has 0 spiro atoms. The molecule has 0 bridgehead atoms. The van der Waals surface area contributed by atoms with E-state index >= 15 is 0 Å². The second kappa shape index (κ2) is 1.98. The highest BCUT2D eigenvalue weighted by Gasteiger charge is 2.01. The minimum atomic E-state index is 0.737. The third kappa shape index (κ3) is 0.699. The predicted molar refractivity (Wildman–Crippen MR) is 32.0 cm³/mol. The first-order valence-electron chi connectivity index (χ1n) is 2.77. The normalized spacial score (nSPS) is 10.0. The zero-order valence-electron chi connectivity index (χ0n) is 5.02. The fourth-order valence-corrected chi connectivity index (χ4v) is 0.693. The third-order valence-electron chi connectivity index (χ3n) is 1.17. The molecule has 0 radical (unpaired) electrons. The average Bonchev–Trinajstić information content (AvgIpc) is 2.59. The minimum Gasteiger partial charge on any atom is -0.364 e. The smallest absolute Gasteiger partial charge is 0.133 e. The maximum absolute atomic E-state index is 4.62. The highest BCUT2D eigenvalue weighted by molar-refractivity contribution is 5.54. The Balaban J connectivity index is 2.48. The molecule has 0 aromatic carbocycles. The number of nitrogens with zero attached hydrogens (tertiary/aromatic N) is 2. The van der Waals surface area contributed by atoms with Crippen LogP contribution in [0.25, 0.3) is 11.3 Å². The lowest BCUT2D eigenvalue weighted by Gasteiger charge is -1.78. The zero-order chi connectivity index (χ0) is 6.81. The van der Waals surface area contributed by atoms with Crippen molar-refractivity contribution in [3.05, 3.63) is 24.8 Å². The van der Waals surface area contributed by atoms with E-state index in [2.05, 4.69) is 19.4 Å². The molecule has 2 aromatic heterocycles. The van der Waals surface area contributed by atoms with Crippen molar-refractivity contribution in [2.45, 2.75) is 0 Å². The Morgan fingerprint density at radius 3 is 2.90 bits per heavy atom. The van der Waals surface area contributed by atoms with Gasteiger partial charge in [-0.2, -0.15) is 0 Å². The molecule has 0 aliphatic carbocycles. The third-order valence-corrected chi connectivity index (χ3v) is 1.17. The van der Waals surface area contributed by atoms with Crippen molar-refractivity contribution in [1.29, 1.82) is 0 Å². The summed E-state index contributed by atoms with van der Waals surface area (Å²) < 4.78 is 9.23. The Labute approximate surface area is 56.4 Å². The molecule has 0 atom stereocenters. The number of rotatable bonds is 1. The van der Waals surface area contributed by atoms with Gasteiger partial charge in [-0.3, -0.25) is 0 Å². The predicted octanol–water partition coefficient (Wildman–Crippen LogP) is 1.33. The number of hydrogen-bond acceptors (Lipinski definition) is 4. The zero-order valence-corrected chi connectivity index (χ0v) is 5.02. The minimum absolute atomic E-state index is 0.737. The van der Waals surface area contributed by atoms with Crippen molar-refractivity contribution in [3.8, 4) is 11.3 Å². The van der Waals surface area contributed by atoms with E-state index < -0.39 is 0 Å². The summed E-state index contributed by atoms with van der Waals surface area (Å²) in [5.41, 5.74) is 1.56. The Kier molecular flexibility index (Phi) is 1.04. The number of aromatic nitrogens is 2. The second-order valence-corrected chi connectivity index (χ2v) is 1.80. The van der Waals surface area contributed by atoms with Gasteiger partial charge in [-0.15, -0.1) is 0 Å². The van der Waals surface area contributed by atoms with E-state index in [0.29, 0.717) is 0 Å². The van der Waals surface area contributed by atoms with E-state index in [-0.39, 0.29) is 0 Å². The second-order valence-electron chi connectivity index (χ2n) is 1.80. The summed E-state index contributed by atoms with van der Waals surface area (Å²) in [5, 5.41) is 7.21. The molecule has 0 saturated carbocycles. The molecule has 50 valence electrons. The van der Waals surface area contributed by atoms with Gasteiger partial charge >= 0.3 is 0 Å². The van der Waals surface area contributed by atoms with Crippen molar-refractivity contribution in [2.24, 2.45) is 0 Å². The Morgan fingerprint density at radius 1 is 1.30 bits per heavy atom. The molecule has 0 amide bonds. The van der Waals surface area contributed by atoms with Crippen LogP contribution >= 0.6 is 0 Å². The molecular weight excluding hydrogens is 132 g/mol. The van der Waals surface area contributed by atoms with E-state index in [1.165, 1.54) is 12.5 Å². The van der Waals surface area contributed by atoms with Gasteiger partial charge in [0.15, 0.2) is 0 Å². The summed E-state index contributed by atoms with van der Waals surface area (Å²) in [6.45, 7) is 0.